The summed E-state index contributed by atoms with van der Waals surface area (Å²) >= 11 is 0. The molecule has 0 bridgehead atoms. The SMILES string of the molecule is CC(C)=CCn1c(NC2CC2N)nc2c1c(=O)n(C)c(=O)n2C. The van der Waals surface area contributed by atoms with Gasteiger partial charge in [-0.25, -0.2) is 4.79 Å². The number of hydrogen-bond acceptors (Lipinski definition) is 5. The Kier molecular flexibility index (Phi) is 3.63. The molecule has 23 heavy (non-hydrogen) atoms. The van der Waals surface area contributed by atoms with Crippen LogP contribution in [0.3, 0.4) is 0 Å². The number of allylic oxidation sites excluding steroid dienone is 2. The number of anilines is 1. The monoisotopic (exact) mass is 318 g/mol. The molecule has 1 saturated carbocycles. The second kappa shape index (κ2) is 5.38. The van der Waals surface area contributed by atoms with Crippen molar-refractivity contribution in [2.75, 3.05) is 5.32 Å². The van der Waals surface area contributed by atoms with Crippen molar-refractivity contribution in [3.05, 3.63) is 32.5 Å². The Hall–Kier alpha value is -2.35. The number of nitrogens with one attached hydrogen (secondary N) is 1. The van der Waals surface area contributed by atoms with E-state index >= 15 is 0 Å². The van der Waals surface area contributed by atoms with Gasteiger partial charge in [-0.05, 0) is 20.3 Å². The molecule has 1 aliphatic rings. The maximum Gasteiger partial charge on any atom is 0.332 e. The lowest BCUT2D eigenvalue weighted by Gasteiger charge is -2.09. The van der Waals surface area contributed by atoms with Gasteiger partial charge in [0.05, 0.1) is 0 Å². The van der Waals surface area contributed by atoms with Gasteiger partial charge < -0.3 is 15.6 Å². The van der Waals surface area contributed by atoms with Crippen molar-refractivity contribution in [3.8, 4) is 0 Å². The van der Waals surface area contributed by atoms with Gasteiger partial charge >= 0.3 is 5.69 Å². The van der Waals surface area contributed by atoms with E-state index in [4.69, 9.17) is 5.73 Å². The molecule has 124 valence electrons. The van der Waals surface area contributed by atoms with Crippen molar-refractivity contribution in [3.63, 3.8) is 0 Å². The van der Waals surface area contributed by atoms with Crippen LogP contribution in [0.4, 0.5) is 5.95 Å². The van der Waals surface area contributed by atoms with Crippen LogP contribution in [-0.2, 0) is 20.6 Å². The molecule has 0 aromatic carbocycles. The summed E-state index contributed by atoms with van der Waals surface area (Å²) in [6, 6.07) is 0.275. The van der Waals surface area contributed by atoms with E-state index in [9.17, 15) is 9.59 Å². The maximum atomic E-state index is 12.6. The summed E-state index contributed by atoms with van der Waals surface area (Å²) in [6.07, 6.45) is 2.90. The highest BCUT2D eigenvalue weighted by Gasteiger charge is 2.35. The number of aromatic nitrogens is 4. The highest BCUT2D eigenvalue weighted by atomic mass is 16.2. The molecule has 1 fully saturated rings. The molecule has 1 aliphatic carbocycles. The van der Waals surface area contributed by atoms with Crippen molar-refractivity contribution in [1.29, 1.82) is 0 Å². The standard InChI is InChI=1S/C15H22N6O2/c1-8(2)5-6-21-11-12(18-14(21)17-10-7-9(10)16)19(3)15(23)20(4)13(11)22/h5,9-10H,6-7,16H2,1-4H3,(H,17,18). The van der Waals surface area contributed by atoms with Crippen LogP contribution in [0.25, 0.3) is 11.2 Å². The van der Waals surface area contributed by atoms with Crippen molar-refractivity contribution in [2.45, 2.75) is 38.9 Å². The molecule has 0 spiro atoms. The van der Waals surface area contributed by atoms with Crippen molar-refractivity contribution in [1.82, 2.24) is 18.7 Å². The predicted molar refractivity (Wildman–Crippen MR) is 89.6 cm³/mol. The lowest BCUT2D eigenvalue weighted by Crippen LogP contribution is -2.37. The number of nitrogens with zero attached hydrogens (tertiary/aromatic N) is 4. The summed E-state index contributed by atoms with van der Waals surface area (Å²) < 4.78 is 4.32. The fraction of sp³-hybridized carbons (Fsp3) is 0.533. The fourth-order valence-corrected chi connectivity index (χ4v) is 2.55. The normalized spacial score (nSPS) is 19.9. The van der Waals surface area contributed by atoms with E-state index in [1.54, 1.807) is 7.05 Å². The smallest absolute Gasteiger partial charge is 0.332 e. The summed E-state index contributed by atoms with van der Waals surface area (Å²) in [4.78, 5) is 29.1. The molecular formula is C15H22N6O2. The van der Waals surface area contributed by atoms with Gasteiger partial charge in [0.1, 0.15) is 0 Å². The van der Waals surface area contributed by atoms with Gasteiger partial charge in [-0.15, -0.1) is 0 Å². The number of fused-ring (bicyclic) bond motifs is 1. The third-order valence-corrected chi connectivity index (χ3v) is 4.18. The topological polar surface area (TPSA) is 99.9 Å². The zero-order valence-corrected chi connectivity index (χ0v) is 13.8. The molecule has 0 amide bonds. The molecule has 3 N–H and O–H groups in total. The molecule has 2 unspecified atom stereocenters. The summed E-state index contributed by atoms with van der Waals surface area (Å²) in [5.41, 5.74) is 7.08. The zero-order valence-electron chi connectivity index (χ0n) is 13.8. The second-order valence-corrected chi connectivity index (χ2v) is 6.36. The van der Waals surface area contributed by atoms with Crippen LogP contribution in [0, 0.1) is 0 Å². The average Bonchev–Trinajstić information content (AvgIpc) is 3.06. The van der Waals surface area contributed by atoms with E-state index in [0.29, 0.717) is 23.7 Å². The lowest BCUT2D eigenvalue weighted by atomic mass is 10.3. The number of rotatable bonds is 4. The van der Waals surface area contributed by atoms with Gasteiger partial charge in [-0.1, -0.05) is 11.6 Å². The first-order valence-corrected chi connectivity index (χ1v) is 7.63. The van der Waals surface area contributed by atoms with Crippen molar-refractivity contribution in [2.24, 2.45) is 19.8 Å². The van der Waals surface area contributed by atoms with Crippen LogP contribution >= 0.6 is 0 Å². The summed E-state index contributed by atoms with van der Waals surface area (Å²) in [7, 11) is 3.10. The number of aryl methyl sites for hydroxylation is 1. The number of nitrogens with two attached hydrogens (primary N) is 1. The Labute approximate surface area is 133 Å². The van der Waals surface area contributed by atoms with Gasteiger partial charge in [-0.3, -0.25) is 13.9 Å². The molecule has 0 radical (unpaired) electrons. The molecule has 8 nitrogen and oxygen atoms in total. The van der Waals surface area contributed by atoms with Crippen molar-refractivity contribution >= 4 is 17.1 Å². The Bertz CT molecular complexity index is 913. The van der Waals surface area contributed by atoms with E-state index in [1.165, 1.54) is 11.6 Å². The highest BCUT2D eigenvalue weighted by Crippen LogP contribution is 2.25. The first-order valence-electron chi connectivity index (χ1n) is 7.63. The number of hydrogen-bond donors (Lipinski definition) is 2. The molecule has 2 aromatic heterocycles. The van der Waals surface area contributed by atoms with Crippen LogP contribution in [-0.4, -0.2) is 30.8 Å². The van der Waals surface area contributed by atoms with Crippen LogP contribution in [0.5, 0.6) is 0 Å². The third-order valence-electron chi connectivity index (χ3n) is 4.18. The fourth-order valence-electron chi connectivity index (χ4n) is 2.55. The van der Waals surface area contributed by atoms with Crippen molar-refractivity contribution < 1.29 is 0 Å². The Morgan fingerprint density at radius 3 is 2.57 bits per heavy atom. The van der Waals surface area contributed by atoms with Crippen LogP contribution < -0.4 is 22.3 Å². The van der Waals surface area contributed by atoms with Gasteiger partial charge in [0.15, 0.2) is 11.2 Å². The zero-order chi connectivity index (χ0) is 16.9. The maximum absolute atomic E-state index is 12.6. The first kappa shape index (κ1) is 15.5. The third kappa shape index (κ3) is 2.59. The van der Waals surface area contributed by atoms with E-state index in [0.717, 1.165) is 16.6 Å². The molecular weight excluding hydrogens is 296 g/mol. The Morgan fingerprint density at radius 2 is 2.00 bits per heavy atom. The molecule has 2 aromatic rings. The molecule has 0 saturated heterocycles. The van der Waals surface area contributed by atoms with E-state index in [1.807, 2.05) is 24.5 Å². The predicted octanol–water partition coefficient (Wildman–Crippen LogP) is -0.0886. The first-order chi connectivity index (χ1) is 10.8. The molecule has 8 heteroatoms. The molecule has 0 aliphatic heterocycles. The number of imidazole rings is 1. The summed E-state index contributed by atoms with van der Waals surface area (Å²) in [6.45, 7) is 4.50. The Morgan fingerprint density at radius 1 is 1.35 bits per heavy atom. The molecule has 2 atom stereocenters. The minimum atomic E-state index is -0.385. The minimum Gasteiger partial charge on any atom is -0.351 e. The molecule has 3 rings (SSSR count). The van der Waals surface area contributed by atoms with E-state index in [-0.39, 0.29) is 23.3 Å². The summed E-state index contributed by atoms with van der Waals surface area (Å²) in [5.74, 6) is 0.578. The van der Waals surface area contributed by atoms with Gasteiger partial charge in [0, 0.05) is 32.7 Å². The van der Waals surface area contributed by atoms with Gasteiger partial charge in [-0.2, -0.15) is 4.98 Å². The van der Waals surface area contributed by atoms with Gasteiger partial charge in [0.25, 0.3) is 5.56 Å². The largest absolute Gasteiger partial charge is 0.351 e. The van der Waals surface area contributed by atoms with Crippen LogP contribution in [0.15, 0.2) is 21.2 Å². The second-order valence-electron chi connectivity index (χ2n) is 6.36. The quantitative estimate of drug-likeness (QED) is 0.768. The molecule has 2 heterocycles. The Balaban J connectivity index is 2.25. The van der Waals surface area contributed by atoms with Crippen LogP contribution in [0.2, 0.25) is 0 Å². The van der Waals surface area contributed by atoms with E-state index in [2.05, 4.69) is 10.3 Å². The van der Waals surface area contributed by atoms with Crippen LogP contribution in [0.1, 0.15) is 20.3 Å². The highest BCUT2D eigenvalue weighted by molar-refractivity contribution is 5.74. The van der Waals surface area contributed by atoms with Gasteiger partial charge in [0.2, 0.25) is 5.95 Å². The minimum absolute atomic E-state index is 0.110. The summed E-state index contributed by atoms with van der Waals surface area (Å²) in [5, 5.41) is 3.27. The average molecular weight is 318 g/mol. The van der Waals surface area contributed by atoms with E-state index < -0.39 is 0 Å². The lowest BCUT2D eigenvalue weighted by molar-refractivity contribution is 0.703.